The highest BCUT2D eigenvalue weighted by molar-refractivity contribution is 5.89. The zero-order valence-corrected chi connectivity index (χ0v) is 19.4. The fourth-order valence-electron chi connectivity index (χ4n) is 3.68. The summed E-state index contributed by atoms with van der Waals surface area (Å²) in [5.41, 5.74) is 3.65. The Labute approximate surface area is 203 Å². The van der Waals surface area contributed by atoms with Gasteiger partial charge in [0.25, 0.3) is 0 Å². The zero-order valence-electron chi connectivity index (χ0n) is 19.4. The largest absolute Gasteiger partial charge is 0.496 e. The molecule has 1 aromatic heterocycles. The van der Waals surface area contributed by atoms with Gasteiger partial charge < -0.3 is 19.8 Å². The molecule has 182 valence electrons. The molecule has 1 fully saturated rings. The number of ether oxygens (including phenoxy) is 1. The fraction of sp³-hybridized carbons (Fsp3) is 0.231. The topological polar surface area (TPSA) is 116 Å². The summed E-state index contributed by atoms with van der Waals surface area (Å²) >= 11 is 0. The Kier molecular flexibility index (Phi) is 9.32. The number of piperazine rings is 1. The third-order valence-corrected chi connectivity index (χ3v) is 5.33. The molecule has 35 heavy (non-hydrogen) atoms. The van der Waals surface area contributed by atoms with Gasteiger partial charge in [-0.15, -0.1) is 0 Å². The standard InChI is InChI=1S/C22H24N4O.C4H4O4/c1-27-21-9-3-2-8-20(21)19-7-4-6-18(16-19)17-25-12-14-26(15-13-25)22-23-10-5-11-24-22;5-3(6)1-2-4(7)8/h2-11,16H,12-15,17H2,1H3;1-2H,(H,5,6)(H,7,8). The molecule has 4 rings (SSSR count). The maximum atomic E-state index is 9.55. The number of benzene rings is 2. The van der Waals surface area contributed by atoms with E-state index in [2.05, 4.69) is 56.2 Å². The normalized spacial score (nSPS) is 13.7. The third-order valence-electron chi connectivity index (χ3n) is 5.33. The van der Waals surface area contributed by atoms with Crippen LogP contribution in [0.5, 0.6) is 5.75 Å². The van der Waals surface area contributed by atoms with Crippen LogP contribution in [0.3, 0.4) is 0 Å². The lowest BCUT2D eigenvalue weighted by atomic mass is 10.0. The molecule has 0 unspecified atom stereocenters. The first kappa shape index (κ1) is 25.4. The first-order chi connectivity index (χ1) is 17.0. The molecule has 9 nitrogen and oxygen atoms in total. The number of aliphatic carboxylic acids is 2. The maximum Gasteiger partial charge on any atom is 0.328 e. The predicted molar refractivity (Wildman–Crippen MR) is 132 cm³/mol. The van der Waals surface area contributed by atoms with Crippen molar-refractivity contribution in [1.29, 1.82) is 0 Å². The van der Waals surface area contributed by atoms with Crippen molar-refractivity contribution in [2.24, 2.45) is 0 Å². The van der Waals surface area contributed by atoms with Crippen LogP contribution in [0.1, 0.15) is 5.56 Å². The molecule has 0 radical (unpaired) electrons. The van der Waals surface area contributed by atoms with Gasteiger partial charge in [-0.3, -0.25) is 4.90 Å². The molecule has 0 atom stereocenters. The lowest BCUT2D eigenvalue weighted by Crippen LogP contribution is -2.46. The number of carboxylic acid groups (broad SMARTS) is 2. The summed E-state index contributed by atoms with van der Waals surface area (Å²) in [5.74, 6) is -0.777. The van der Waals surface area contributed by atoms with E-state index in [1.54, 1.807) is 19.5 Å². The summed E-state index contributed by atoms with van der Waals surface area (Å²) in [6.45, 7) is 4.88. The number of aromatic nitrogens is 2. The number of rotatable bonds is 7. The van der Waals surface area contributed by atoms with Crippen LogP contribution in [0.15, 0.2) is 79.1 Å². The molecule has 1 saturated heterocycles. The van der Waals surface area contributed by atoms with Gasteiger partial charge in [0.2, 0.25) is 5.95 Å². The van der Waals surface area contributed by atoms with Gasteiger partial charge in [-0.25, -0.2) is 19.6 Å². The lowest BCUT2D eigenvalue weighted by Gasteiger charge is -2.34. The zero-order chi connectivity index (χ0) is 25.0. The molecule has 1 aliphatic rings. The van der Waals surface area contributed by atoms with Crippen molar-refractivity contribution in [3.05, 3.63) is 84.7 Å². The van der Waals surface area contributed by atoms with Crippen molar-refractivity contribution >= 4 is 17.9 Å². The molecule has 2 aromatic carbocycles. The number of anilines is 1. The predicted octanol–water partition coefficient (Wildman–Crippen LogP) is 3.19. The lowest BCUT2D eigenvalue weighted by molar-refractivity contribution is -0.134. The molecule has 0 saturated carbocycles. The second-order valence-electron chi connectivity index (χ2n) is 7.72. The number of nitrogens with zero attached hydrogens (tertiary/aromatic N) is 4. The highest BCUT2D eigenvalue weighted by Crippen LogP contribution is 2.30. The average Bonchev–Trinajstić information content (AvgIpc) is 2.89. The minimum Gasteiger partial charge on any atom is -0.496 e. The van der Waals surface area contributed by atoms with Crippen molar-refractivity contribution in [3.8, 4) is 16.9 Å². The summed E-state index contributed by atoms with van der Waals surface area (Å²) in [4.78, 5) is 32.6. The van der Waals surface area contributed by atoms with Crippen LogP contribution in [0.2, 0.25) is 0 Å². The molecule has 2 heterocycles. The molecular formula is C26H28N4O5. The van der Waals surface area contributed by atoms with E-state index < -0.39 is 11.9 Å². The Morgan fingerprint density at radius 1 is 0.914 bits per heavy atom. The number of hydrogen-bond donors (Lipinski definition) is 2. The number of carbonyl (C=O) groups is 2. The van der Waals surface area contributed by atoms with Crippen molar-refractivity contribution in [2.45, 2.75) is 6.54 Å². The van der Waals surface area contributed by atoms with Gasteiger partial charge >= 0.3 is 11.9 Å². The fourth-order valence-corrected chi connectivity index (χ4v) is 3.68. The van der Waals surface area contributed by atoms with Crippen LogP contribution < -0.4 is 9.64 Å². The third kappa shape index (κ3) is 7.94. The van der Waals surface area contributed by atoms with E-state index in [4.69, 9.17) is 14.9 Å². The first-order valence-corrected chi connectivity index (χ1v) is 11.1. The molecule has 3 aromatic rings. The monoisotopic (exact) mass is 476 g/mol. The van der Waals surface area contributed by atoms with Gasteiger partial charge in [-0.1, -0.05) is 36.4 Å². The van der Waals surface area contributed by atoms with Gasteiger partial charge in [0, 0.05) is 62.8 Å². The van der Waals surface area contributed by atoms with E-state index in [0.717, 1.165) is 50.0 Å². The van der Waals surface area contributed by atoms with Crippen LogP contribution >= 0.6 is 0 Å². The van der Waals surface area contributed by atoms with E-state index in [1.807, 2.05) is 18.2 Å². The van der Waals surface area contributed by atoms with Crippen LogP contribution in [0, 0.1) is 0 Å². The minimum absolute atomic E-state index is 0.558. The summed E-state index contributed by atoms with van der Waals surface area (Å²) in [6.07, 6.45) is 4.72. The van der Waals surface area contributed by atoms with Gasteiger partial charge in [0.05, 0.1) is 7.11 Å². The van der Waals surface area contributed by atoms with E-state index in [0.29, 0.717) is 12.2 Å². The van der Waals surface area contributed by atoms with Crippen molar-refractivity contribution in [3.63, 3.8) is 0 Å². The second-order valence-corrected chi connectivity index (χ2v) is 7.72. The Bertz CT molecular complexity index is 1130. The summed E-state index contributed by atoms with van der Waals surface area (Å²) in [5, 5.41) is 15.6. The quantitative estimate of drug-likeness (QED) is 0.496. The molecular weight excluding hydrogens is 448 g/mol. The number of hydrogen-bond acceptors (Lipinski definition) is 7. The molecule has 0 amide bonds. The Morgan fingerprint density at radius 2 is 1.57 bits per heavy atom. The second kappa shape index (κ2) is 12.9. The Hall–Kier alpha value is -4.24. The van der Waals surface area contributed by atoms with Gasteiger partial charge in [-0.2, -0.15) is 0 Å². The summed E-state index contributed by atoms with van der Waals surface area (Å²) in [7, 11) is 1.72. The minimum atomic E-state index is -1.26. The molecule has 0 spiro atoms. The van der Waals surface area contributed by atoms with E-state index >= 15 is 0 Å². The summed E-state index contributed by atoms with van der Waals surface area (Å²) < 4.78 is 5.52. The first-order valence-electron chi connectivity index (χ1n) is 11.1. The van der Waals surface area contributed by atoms with Crippen molar-refractivity contribution in [1.82, 2.24) is 14.9 Å². The number of carboxylic acids is 2. The maximum absolute atomic E-state index is 9.55. The van der Waals surface area contributed by atoms with Gasteiger partial charge in [0.1, 0.15) is 5.75 Å². The van der Waals surface area contributed by atoms with E-state index in [1.165, 1.54) is 11.1 Å². The van der Waals surface area contributed by atoms with Crippen LogP contribution in [0.25, 0.3) is 11.1 Å². The van der Waals surface area contributed by atoms with Crippen molar-refractivity contribution < 1.29 is 24.5 Å². The van der Waals surface area contributed by atoms with Crippen LogP contribution in [-0.2, 0) is 16.1 Å². The van der Waals surface area contributed by atoms with Crippen LogP contribution in [-0.4, -0.2) is 70.3 Å². The van der Waals surface area contributed by atoms with Crippen molar-refractivity contribution in [2.75, 3.05) is 38.2 Å². The molecule has 9 heteroatoms. The number of methoxy groups -OCH3 is 1. The molecule has 0 bridgehead atoms. The highest BCUT2D eigenvalue weighted by atomic mass is 16.5. The Balaban J connectivity index is 0.000000371. The summed E-state index contributed by atoms with van der Waals surface area (Å²) in [6, 6.07) is 18.8. The van der Waals surface area contributed by atoms with Gasteiger partial charge in [-0.05, 0) is 29.3 Å². The van der Waals surface area contributed by atoms with E-state index in [9.17, 15) is 9.59 Å². The smallest absolute Gasteiger partial charge is 0.328 e. The number of para-hydroxylation sites is 1. The highest BCUT2D eigenvalue weighted by Gasteiger charge is 2.19. The van der Waals surface area contributed by atoms with Crippen LogP contribution in [0.4, 0.5) is 5.95 Å². The Morgan fingerprint density at radius 3 is 2.20 bits per heavy atom. The SMILES string of the molecule is COc1ccccc1-c1cccc(CN2CCN(c3ncccn3)CC2)c1.O=C(O)C=CC(=O)O. The molecule has 1 aliphatic heterocycles. The van der Waals surface area contributed by atoms with E-state index in [-0.39, 0.29) is 0 Å². The van der Waals surface area contributed by atoms with Gasteiger partial charge in [0.15, 0.2) is 0 Å². The molecule has 2 N–H and O–H groups in total. The average molecular weight is 477 g/mol. The molecule has 0 aliphatic carbocycles.